The van der Waals surface area contributed by atoms with Crippen molar-refractivity contribution >= 4 is 37.0 Å². The summed E-state index contributed by atoms with van der Waals surface area (Å²) >= 11 is 5.26. The van der Waals surface area contributed by atoms with E-state index in [0.29, 0.717) is 6.07 Å². The average Bonchev–Trinajstić information content (AvgIpc) is 2.13. The molecule has 0 saturated heterocycles. The zero-order valence-electron chi connectivity index (χ0n) is 7.60. The second-order valence-corrected chi connectivity index (χ2v) is 5.55. The molecule has 0 fully saturated rings. The standard InChI is InChI=1S/C6H2Cl2F2N2O4S/c7-5-4(6(9)10)2(12(13)14)1-3(11-5)17(8,15)16/h1,6H. The molecule has 0 aliphatic rings. The van der Waals surface area contributed by atoms with E-state index in [1.807, 2.05) is 0 Å². The Hall–Kier alpha value is -1.06. The van der Waals surface area contributed by atoms with Crippen molar-refractivity contribution < 1.29 is 22.1 Å². The van der Waals surface area contributed by atoms with Gasteiger partial charge in [0.1, 0.15) is 10.7 Å². The second kappa shape index (κ2) is 4.67. The van der Waals surface area contributed by atoms with Crippen molar-refractivity contribution in [2.45, 2.75) is 11.5 Å². The van der Waals surface area contributed by atoms with Crippen LogP contribution in [-0.4, -0.2) is 18.3 Å². The molecule has 1 aromatic rings. The van der Waals surface area contributed by atoms with Crippen molar-refractivity contribution in [3.05, 3.63) is 26.9 Å². The van der Waals surface area contributed by atoms with E-state index in [1.54, 1.807) is 0 Å². The van der Waals surface area contributed by atoms with Gasteiger partial charge in [-0.15, -0.1) is 0 Å². The van der Waals surface area contributed by atoms with Crippen LogP contribution in [0.1, 0.15) is 12.0 Å². The quantitative estimate of drug-likeness (QED) is 0.370. The van der Waals surface area contributed by atoms with Gasteiger partial charge in [0, 0.05) is 10.7 Å². The lowest BCUT2D eigenvalue weighted by Crippen LogP contribution is -2.03. The Morgan fingerprint density at radius 1 is 1.47 bits per heavy atom. The number of aromatic nitrogens is 1. The number of hydrogen-bond acceptors (Lipinski definition) is 5. The summed E-state index contributed by atoms with van der Waals surface area (Å²) < 4.78 is 46.7. The van der Waals surface area contributed by atoms with Gasteiger partial charge in [-0.1, -0.05) is 11.6 Å². The molecule has 0 aliphatic heterocycles. The molecule has 0 amide bonds. The van der Waals surface area contributed by atoms with Gasteiger partial charge in [0.25, 0.3) is 21.2 Å². The van der Waals surface area contributed by atoms with E-state index in [9.17, 15) is 27.3 Å². The highest BCUT2D eigenvalue weighted by molar-refractivity contribution is 8.13. The van der Waals surface area contributed by atoms with E-state index in [1.165, 1.54) is 0 Å². The molecular formula is C6H2Cl2F2N2O4S. The Kier molecular flexibility index (Phi) is 3.84. The lowest BCUT2D eigenvalue weighted by atomic mass is 10.2. The van der Waals surface area contributed by atoms with Gasteiger partial charge in [-0.2, -0.15) is 0 Å². The smallest absolute Gasteiger partial charge is 0.258 e. The number of rotatable bonds is 3. The van der Waals surface area contributed by atoms with E-state index < -0.39 is 41.8 Å². The highest BCUT2D eigenvalue weighted by Crippen LogP contribution is 2.35. The number of nitro groups is 1. The first-order valence-electron chi connectivity index (χ1n) is 3.72. The van der Waals surface area contributed by atoms with Crippen LogP contribution in [0.4, 0.5) is 14.5 Å². The fourth-order valence-corrected chi connectivity index (χ4v) is 1.98. The Labute approximate surface area is 103 Å². The molecule has 0 aromatic carbocycles. The molecule has 0 N–H and O–H groups in total. The predicted molar refractivity (Wildman–Crippen MR) is 53.9 cm³/mol. The first-order valence-corrected chi connectivity index (χ1v) is 6.41. The third-order valence-electron chi connectivity index (χ3n) is 1.63. The molecule has 0 spiro atoms. The van der Waals surface area contributed by atoms with Gasteiger partial charge < -0.3 is 0 Å². The topological polar surface area (TPSA) is 90.2 Å². The lowest BCUT2D eigenvalue weighted by molar-refractivity contribution is -0.386. The van der Waals surface area contributed by atoms with Crippen molar-refractivity contribution in [1.82, 2.24) is 4.98 Å². The number of halogens is 4. The van der Waals surface area contributed by atoms with Crippen LogP contribution in [0, 0.1) is 10.1 Å². The summed E-state index contributed by atoms with van der Waals surface area (Å²) in [5.74, 6) is 0. The van der Waals surface area contributed by atoms with Crippen molar-refractivity contribution in [2.24, 2.45) is 0 Å². The van der Waals surface area contributed by atoms with Crippen LogP contribution in [0.5, 0.6) is 0 Å². The van der Waals surface area contributed by atoms with E-state index in [-0.39, 0.29) is 0 Å². The summed E-state index contributed by atoms with van der Waals surface area (Å²) in [6, 6.07) is 0.329. The van der Waals surface area contributed by atoms with Crippen LogP contribution in [0.2, 0.25) is 5.15 Å². The van der Waals surface area contributed by atoms with Crippen molar-refractivity contribution in [1.29, 1.82) is 0 Å². The highest BCUT2D eigenvalue weighted by atomic mass is 35.7. The van der Waals surface area contributed by atoms with E-state index in [0.717, 1.165) is 0 Å². The maximum absolute atomic E-state index is 12.5. The zero-order chi connectivity index (χ0) is 13.4. The lowest BCUT2D eigenvalue weighted by Gasteiger charge is -2.05. The minimum atomic E-state index is -4.40. The Morgan fingerprint density at radius 3 is 2.35 bits per heavy atom. The maximum Gasteiger partial charge on any atom is 0.284 e. The average molecular weight is 307 g/mol. The third kappa shape index (κ3) is 2.99. The summed E-state index contributed by atoms with van der Waals surface area (Å²) in [5, 5.41) is 8.57. The van der Waals surface area contributed by atoms with Crippen LogP contribution in [0.25, 0.3) is 0 Å². The number of alkyl halides is 2. The Bertz CT molecular complexity index is 578. The van der Waals surface area contributed by atoms with Gasteiger partial charge in [0.05, 0.1) is 11.0 Å². The second-order valence-electron chi connectivity index (χ2n) is 2.68. The van der Waals surface area contributed by atoms with Gasteiger partial charge >= 0.3 is 0 Å². The van der Waals surface area contributed by atoms with Crippen molar-refractivity contribution in [3.8, 4) is 0 Å². The number of hydrogen-bond donors (Lipinski definition) is 0. The van der Waals surface area contributed by atoms with Crippen LogP contribution in [0.15, 0.2) is 11.1 Å². The molecule has 0 radical (unpaired) electrons. The summed E-state index contributed by atoms with van der Waals surface area (Å²) in [6.45, 7) is 0. The molecule has 0 bridgehead atoms. The largest absolute Gasteiger partial charge is 0.284 e. The monoisotopic (exact) mass is 306 g/mol. The van der Waals surface area contributed by atoms with Gasteiger partial charge in [-0.3, -0.25) is 10.1 Å². The third-order valence-corrected chi connectivity index (χ3v) is 3.10. The normalized spacial score (nSPS) is 11.8. The van der Waals surface area contributed by atoms with Crippen LogP contribution >= 0.6 is 22.3 Å². The molecule has 17 heavy (non-hydrogen) atoms. The molecule has 11 heteroatoms. The minimum Gasteiger partial charge on any atom is -0.258 e. The van der Waals surface area contributed by atoms with Crippen LogP contribution < -0.4 is 0 Å². The van der Waals surface area contributed by atoms with Gasteiger partial charge in [0.15, 0.2) is 5.03 Å². The minimum absolute atomic E-state index is 0.329. The fourth-order valence-electron chi connectivity index (χ4n) is 0.967. The molecule has 1 aromatic heterocycles. The van der Waals surface area contributed by atoms with Crippen molar-refractivity contribution in [3.63, 3.8) is 0 Å². The molecule has 6 nitrogen and oxygen atoms in total. The molecule has 0 atom stereocenters. The molecule has 1 rings (SSSR count). The Balaban J connectivity index is 3.64. The molecule has 1 heterocycles. The Morgan fingerprint density at radius 2 is 2.00 bits per heavy atom. The first-order chi connectivity index (χ1) is 7.64. The molecule has 94 valence electrons. The van der Waals surface area contributed by atoms with E-state index >= 15 is 0 Å². The summed E-state index contributed by atoms with van der Waals surface area (Å²) in [7, 11) is 0.484. The van der Waals surface area contributed by atoms with Crippen LogP contribution in [0.3, 0.4) is 0 Å². The van der Waals surface area contributed by atoms with Gasteiger partial charge in [-0.05, 0) is 0 Å². The maximum atomic E-state index is 12.5. The van der Waals surface area contributed by atoms with Crippen LogP contribution in [-0.2, 0) is 9.05 Å². The summed E-state index contributed by atoms with van der Waals surface area (Å²) in [5.41, 5.74) is -2.31. The molecule has 0 aliphatic carbocycles. The summed E-state index contributed by atoms with van der Waals surface area (Å²) in [6.07, 6.45) is -3.26. The number of nitrogens with zero attached hydrogens (tertiary/aromatic N) is 2. The predicted octanol–water partition coefficient (Wildman–Crippen LogP) is 2.51. The van der Waals surface area contributed by atoms with E-state index in [2.05, 4.69) is 4.98 Å². The fraction of sp³-hybridized carbons (Fsp3) is 0.167. The van der Waals surface area contributed by atoms with E-state index in [4.69, 9.17) is 22.3 Å². The zero-order valence-corrected chi connectivity index (χ0v) is 9.93. The molecular weight excluding hydrogens is 305 g/mol. The number of pyridine rings is 1. The van der Waals surface area contributed by atoms with Gasteiger partial charge in [0.2, 0.25) is 0 Å². The summed E-state index contributed by atoms with van der Waals surface area (Å²) in [4.78, 5) is 12.4. The SMILES string of the molecule is O=[N+]([O-])c1cc(S(=O)(=O)Cl)nc(Cl)c1C(F)F. The first kappa shape index (κ1) is 14.0. The highest BCUT2D eigenvalue weighted by Gasteiger charge is 2.30. The van der Waals surface area contributed by atoms with Crippen molar-refractivity contribution in [2.75, 3.05) is 0 Å². The molecule has 0 saturated carbocycles. The van der Waals surface area contributed by atoms with Gasteiger partial charge in [-0.25, -0.2) is 22.2 Å². The molecule has 0 unspecified atom stereocenters.